The zero-order valence-electron chi connectivity index (χ0n) is 10.3. The fourth-order valence-electron chi connectivity index (χ4n) is 2.51. The van der Waals surface area contributed by atoms with Crippen molar-refractivity contribution in [3.05, 3.63) is 0 Å². The van der Waals surface area contributed by atoms with Gasteiger partial charge in [0, 0.05) is 0 Å². The van der Waals surface area contributed by atoms with Gasteiger partial charge in [0.2, 0.25) is 0 Å². The van der Waals surface area contributed by atoms with Gasteiger partial charge in [-0.15, -0.1) is 0 Å². The van der Waals surface area contributed by atoms with Crippen LogP contribution >= 0.6 is 0 Å². The van der Waals surface area contributed by atoms with Crippen LogP contribution in [0.25, 0.3) is 0 Å². The largest absolute Gasteiger partial charge is 0.406 e. The highest BCUT2D eigenvalue weighted by Crippen LogP contribution is 2.44. The van der Waals surface area contributed by atoms with E-state index in [0.29, 0.717) is 18.8 Å². The molecule has 0 heterocycles. The molecule has 0 aromatic carbocycles. The lowest BCUT2D eigenvalue weighted by molar-refractivity contribution is -0.189. The molecule has 0 aromatic heterocycles. The van der Waals surface area contributed by atoms with Gasteiger partial charge in [0.1, 0.15) is 5.54 Å². The highest BCUT2D eigenvalue weighted by molar-refractivity contribution is 4.95. The van der Waals surface area contributed by atoms with Crippen molar-refractivity contribution in [1.29, 1.82) is 0 Å². The van der Waals surface area contributed by atoms with Crippen molar-refractivity contribution in [2.75, 3.05) is 0 Å². The summed E-state index contributed by atoms with van der Waals surface area (Å²) in [5.41, 5.74) is 3.65. The summed E-state index contributed by atoms with van der Waals surface area (Å²) in [6.07, 6.45) is -2.10. The van der Waals surface area contributed by atoms with Crippen LogP contribution in [0, 0.1) is 11.3 Å². The zero-order chi connectivity index (χ0) is 12.6. The van der Waals surface area contributed by atoms with Crippen molar-refractivity contribution in [2.24, 2.45) is 17.1 Å². The molecule has 0 bridgehead atoms. The third-order valence-corrected chi connectivity index (χ3v) is 3.90. The molecule has 0 saturated heterocycles. The number of halogens is 3. The van der Waals surface area contributed by atoms with E-state index in [4.69, 9.17) is 5.73 Å². The lowest BCUT2D eigenvalue weighted by Crippen LogP contribution is -2.53. The van der Waals surface area contributed by atoms with Crippen molar-refractivity contribution >= 4 is 0 Å². The first-order valence-electron chi connectivity index (χ1n) is 5.92. The Balaban J connectivity index is 2.73. The van der Waals surface area contributed by atoms with E-state index in [1.54, 1.807) is 0 Å². The smallest absolute Gasteiger partial charge is 0.318 e. The minimum absolute atomic E-state index is 0.0679. The Labute approximate surface area is 95.6 Å². The summed E-state index contributed by atoms with van der Waals surface area (Å²) in [4.78, 5) is 0. The summed E-state index contributed by atoms with van der Waals surface area (Å²) < 4.78 is 38.4. The number of rotatable bonds is 0. The maximum atomic E-state index is 12.8. The molecule has 2 atom stereocenters. The average molecular weight is 237 g/mol. The molecule has 0 aliphatic heterocycles. The molecule has 16 heavy (non-hydrogen) atoms. The van der Waals surface area contributed by atoms with Crippen LogP contribution in [0.3, 0.4) is 0 Å². The highest BCUT2D eigenvalue weighted by atomic mass is 19.4. The van der Waals surface area contributed by atoms with Crippen LogP contribution in [-0.2, 0) is 0 Å². The predicted octanol–water partition coefficient (Wildman–Crippen LogP) is 3.87. The van der Waals surface area contributed by atoms with Crippen LogP contribution in [0.1, 0.15) is 52.9 Å². The second-order valence-corrected chi connectivity index (χ2v) is 6.15. The molecule has 1 aliphatic carbocycles. The molecule has 0 radical (unpaired) electrons. The molecule has 0 unspecified atom stereocenters. The van der Waals surface area contributed by atoms with E-state index in [0.717, 1.165) is 6.42 Å². The zero-order valence-corrected chi connectivity index (χ0v) is 10.3. The highest BCUT2D eigenvalue weighted by Gasteiger charge is 2.52. The van der Waals surface area contributed by atoms with Gasteiger partial charge < -0.3 is 5.73 Å². The SMILES string of the molecule is CC(C)(C)[C@@H]1CCC[C@](N)(C(F)(F)F)CC1. The van der Waals surface area contributed by atoms with E-state index in [1.165, 1.54) is 0 Å². The molecule has 1 rings (SSSR count). The Morgan fingerprint density at radius 3 is 2.06 bits per heavy atom. The second kappa shape index (κ2) is 4.21. The predicted molar refractivity (Wildman–Crippen MR) is 59.0 cm³/mol. The molecule has 2 N–H and O–H groups in total. The van der Waals surface area contributed by atoms with Gasteiger partial charge in [-0.3, -0.25) is 0 Å². The molecular weight excluding hydrogens is 215 g/mol. The van der Waals surface area contributed by atoms with Crippen LogP contribution in [0.2, 0.25) is 0 Å². The molecule has 0 aromatic rings. The standard InChI is InChI=1S/C12H22F3N/c1-10(2,3)9-5-4-7-11(16,8-6-9)12(13,14)15/h9H,4-8,16H2,1-3H3/t9-,11-/m1/s1. The van der Waals surface area contributed by atoms with Crippen molar-refractivity contribution in [2.45, 2.75) is 64.6 Å². The molecule has 96 valence electrons. The quantitative estimate of drug-likeness (QED) is 0.636. The van der Waals surface area contributed by atoms with Gasteiger partial charge in [-0.1, -0.05) is 27.2 Å². The van der Waals surface area contributed by atoms with E-state index in [9.17, 15) is 13.2 Å². The average Bonchev–Trinajstić information content (AvgIpc) is 2.25. The fraction of sp³-hybridized carbons (Fsp3) is 1.00. The molecule has 4 heteroatoms. The van der Waals surface area contributed by atoms with Crippen LogP contribution in [0.5, 0.6) is 0 Å². The van der Waals surface area contributed by atoms with Gasteiger partial charge in [0.05, 0.1) is 0 Å². The molecule has 1 aliphatic rings. The third-order valence-electron chi connectivity index (χ3n) is 3.90. The third kappa shape index (κ3) is 2.90. The Bertz CT molecular complexity index is 242. The first-order valence-corrected chi connectivity index (χ1v) is 5.92. The van der Waals surface area contributed by atoms with Crippen LogP contribution < -0.4 is 5.73 Å². The van der Waals surface area contributed by atoms with Gasteiger partial charge in [0.25, 0.3) is 0 Å². The number of hydrogen-bond acceptors (Lipinski definition) is 1. The summed E-state index contributed by atoms with van der Waals surface area (Å²) in [6.45, 7) is 6.28. The molecule has 0 amide bonds. The second-order valence-electron chi connectivity index (χ2n) is 6.15. The normalized spacial score (nSPS) is 33.6. The van der Waals surface area contributed by atoms with Crippen LogP contribution in [-0.4, -0.2) is 11.7 Å². The van der Waals surface area contributed by atoms with Crippen molar-refractivity contribution in [3.63, 3.8) is 0 Å². The topological polar surface area (TPSA) is 26.0 Å². The van der Waals surface area contributed by atoms with E-state index >= 15 is 0 Å². The Morgan fingerprint density at radius 1 is 1.06 bits per heavy atom. The molecule has 0 spiro atoms. The lowest BCUT2D eigenvalue weighted by atomic mass is 9.76. The molecular formula is C12H22F3N. The minimum Gasteiger partial charge on any atom is -0.318 e. The number of hydrogen-bond donors (Lipinski definition) is 1. The maximum Gasteiger partial charge on any atom is 0.406 e. The van der Waals surface area contributed by atoms with Gasteiger partial charge in [-0.05, 0) is 37.0 Å². The number of alkyl halides is 3. The summed E-state index contributed by atoms with van der Waals surface area (Å²) in [5, 5.41) is 0. The van der Waals surface area contributed by atoms with Crippen molar-refractivity contribution in [1.82, 2.24) is 0 Å². The Hall–Kier alpha value is -0.250. The fourth-order valence-corrected chi connectivity index (χ4v) is 2.51. The summed E-state index contributed by atoms with van der Waals surface area (Å²) in [5.74, 6) is 0.347. The van der Waals surface area contributed by atoms with E-state index in [-0.39, 0.29) is 18.3 Å². The van der Waals surface area contributed by atoms with Crippen molar-refractivity contribution < 1.29 is 13.2 Å². The first-order chi connectivity index (χ1) is 7.06. The molecule has 1 fully saturated rings. The monoisotopic (exact) mass is 237 g/mol. The van der Waals surface area contributed by atoms with Gasteiger partial charge in [0.15, 0.2) is 0 Å². The summed E-state index contributed by atoms with van der Waals surface area (Å²) >= 11 is 0. The molecule has 1 saturated carbocycles. The van der Waals surface area contributed by atoms with E-state index in [1.807, 2.05) is 0 Å². The summed E-state index contributed by atoms with van der Waals surface area (Å²) in [6, 6.07) is 0. The lowest BCUT2D eigenvalue weighted by Gasteiger charge is -2.32. The van der Waals surface area contributed by atoms with E-state index < -0.39 is 11.7 Å². The maximum absolute atomic E-state index is 12.8. The van der Waals surface area contributed by atoms with Gasteiger partial charge in [-0.2, -0.15) is 13.2 Å². The Kier molecular flexibility index (Phi) is 3.63. The van der Waals surface area contributed by atoms with Gasteiger partial charge in [-0.25, -0.2) is 0 Å². The molecule has 1 nitrogen and oxygen atoms in total. The summed E-state index contributed by atoms with van der Waals surface area (Å²) in [7, 11) is 0. The Morgan fingerprint density at radius 2 is 1.62 bits per heavy atom. The minimum atomic E-state index is -4.26. The number of nitrogens with two attached hydrogens (primary N) is 1. The van der Waals surface area contributed by atoms with Crippen LogP contribution in [0.4, 0.5) is 13.2 Å². The van der Waals surface area contributed by atoms with E-state index in [2.05, 4.69) is 20.8 Å². The van der Waals surface area contributed by atoms with Crippen molar-refractivity contribution in [3.8, 4) is 0 Å². The van der Waals surface area contributed by atoms with Crippen LogP contribution in [0.15, 0.2) is 0 Å². The van der Waals surface area contributed by atoms with Gasteiger partial charge >= 0.3 is 6.18 Å². The first kappa shape index (κ1) is 13.8.